The largest absolute Gasteiger partial charge is 0.241 e. The van der Waals surface area contributed by atoms with E-state index in [9.17, 15) is 4.79 Å². The predicted octanol–water partition coefficient (Wildman–Crippen LogP) is 2.37. The molecule has 0 aliphatic heterocycles. The van der Waals surface area contributed by atoms with Gasteiger partial charge in [-0.2, -0.15) is 4.99 Å². The molecule has 0 spiro atoms. The maximum atomic E-state index is 9.66. The highest BCUT2D eigenvalue weighted by Crippen LogP contribution is 2.27. The topological polar surface area (TPSA) is 29.4 Å². The molecular weight excluding hydrogens is 158 g/mol. The van der Waals surface area contributed by atoms with Gasteiger partial charge in [-0.25, -0.2) is 4.79 Å². The van der Waals surface area contributed by atoms with Gasteiger partial charge in [-0.3, -0.25) is 0 Å². The van der Waals surface area contributed by atoms with E-state index in [4.69, 9.17) is 11.6 Å². The molecule has 0 atom stereocenters. The summed E-state index contributed by atoms with van der Waals surface area (Å²) in [5, 5.41) is 0.593. The smallest absolute Gasteiger partial charge is 0.211 e. The Morgan fingerprint density at radius 3 is 2.89 bits per heavy atom. The number of hydrogen-bond donors (Lipinski definition) is 0. The maximum absolute atomic E-state index is 9.66. The van der Waals surface area contributed by atoms with Crippen LogP contribution in [0.2, 0.25) is 4.34 Å². The third kappa shape index (κ3) is 1.64. The molecule has 1 aromatic heterocycles. The summed E-state index contributed by atoms with van der Waals surface area (Å²) in [6, 6.07) is 3.35. The number of halogens is 1. The van der Waals surface area contributed by atoms with Gasteiger partial charge in [0.15, 0.2) is 0 Å². The Labute approximate surface area is 60.8 Å². The Morgan fingerprint density at radius 1 is 1.67 bits per heavy atom. The van der Waals surface area contributed by atoms with Gasteiger partial charge in [0.05, 0.1) is 4.34 Å². The maximum Gasteiger partial charge on any atom is 0.241 e. The van der Waals surface area contributed by atoms with Crippen LogP contribution in [0, 0.1) is 0 Å². The summed E-state index contributed by atoms with van der Waals surface area (Å²) in [6.45, 7) is 0. The zero-order valence-electron chi connectivity index (χ0n) is 4.30. The number of aliphatic imine (C=N–C) groups is 1. The minimum Gasteiger partial charge on any atom is -0.211 e. The SMILES string of the molecule is O=C=Nc1ccc(Cl)s1. The first kappa shape index (κ1) is 6.49. The molecule has 2 nitrogen and oxygen atoms in total. The van der Waals surface area contributed by atoms with Gasteiger partial charge < -0.3 is 0 Å². The predicted molar refractivity (Wildman–Crippen MR) is 37.1 cm³/mol. The van der Waals surface area contributed by atoms with E-state index in [-0.39, 0.29) is 0 Å². The van der Waals surface area contributed by atoms with Crippen molar-refractivity contribution in [2.75, 3.05) is 0 Å². The number of thiophene rings is 1. The van der Waals surface area contributed by atoms with Gasteiger partial charge in [-0.15, -0.1) is 11.3 Å². The molecule has 0 unspecified atom stereocenters. The van der Waals surface area contributed by atoms with E-state index in [1.807, 2.05) is 0 Å². The third-order valence-corrected chi connectivity index (χ3v) is 1.84. The van der Waals surface area contributed by atoms with Crippen LogP contribution in [0.15, 0.2) is 17.1 Å². The Morgan fingerprint density at radius 2 is 2.44 bits per heavy atom. The molecule has 0 N–H and O–H groups in total. The zero-order valence-corrected chi connectivity index (χ0v) is 5.87. The second-order valence-electron chi connectivity index (χ2n) is 1.28. The quantitative estimate of drug-likeness (QED) is 0.457. The summed E-state index contributed by atoms with van der Waals surface area (Å²) in [7, 11) is 0. The molecule has 0 bridgehead atoms. The molecule has 0 aliphatic rings. The first-order valence-corrected chi connectivity index (χ1v) is 3.35. The van der Waals surface area contributed by atoms with Crippen molar-refractivity contribution >= 4 is 34.0 Å². The number of nitrogens with zero attached hydrogens (tertiary/aromatic N) is 1. The molecule has 1 heterocycles. The van der Waals surface area contributed by atoms with Gasteiger partial charge in [-0.1, -0.05) is 11.6 Å². The fraction of sp³-hybridized carbons (Fsp3) is 0. The van der Waals surface area contributed by atoms with E-state index in [0.717, 1.165) is 0 Å². The molecule has 46 valence electrons. The highest BCUT2D eigenvalue weighted by Gasteiger charge is 1.92. The van der Waals surface area contributed by atoms with Crippen LogP contribution in [0.4, 0.5) is 5.00 Å². The Hall–Kier alpha value is -0.630. The fourth-order valence-electron chi connectivity index (χ4n) is 0.410. The number of isocyanates is 1. The van der Waals surface area contributed by atoms with Crippen molar-refractivity contribution in [3.63, 3.8) is 0 Å². The van der Waals surface area contributed by atoms with Crippen LogP contribution in [0.1, 0.15) is 0 Å². The van der Waals surface area contributed by atoms with Crippen LogP contribution in [-0.2, 0) is 4.79 Å². The average Bonchev–Trinajstić information content (AvgIpc) is 2.17. The molecule has 0 radical (unpaired) electrons. The molecule has 9 heavy (non-hydrogen) atoms. The van der Waals surface area contributed by atoms with Gasteiger partial charge in [0.1, 0.15) is 5.00 Å². The second-order valence-corrected chi connectivity index (χ2v) is 2.97. The lowest BCUT2D eigenvalue weighted by Crippen LogP contribution is -1.44. The van der Waals surface area contributed by atoms with Crippen LogP contribution < -0.4 is 0 Å². The summed E-state index contributed by atoms with van der Waals surface area (Å²) >= 11 is 6.77. The van der Waals surface area contributed by atoms with Gasteiger partial charge in [-0.05, 0) is 12.1 Å². The summed E-state index contributed by atoms with van der Waals surface area (Å²) in [6.07, 6.45) is 1.42. The summed E-state index contributed by atoms with van der Waals surface area (Å²) in [5.74, 6) is 0. The Bertz CT molecular complexity index is 251. The van der Waals surface area contributed by atoms with Crippen LogP contribution >= 0.6 is 22.9 Å². The standard InChI is InChI=1S/C5H2ClNOS/c6-4-1-2-5(9-4)7-3-8/h1-2H. The van der Waals surface area contributed by atoms with Gasteiger partial charge in [0, 0.05) is 0 Å². The monoisotopic (exact) mass is 159 g/mol. The van der Waals surface area contributed by atoms with Gasteiger partial charge in [0.2, 0.25) is 6.08 Å². The van der Waals surface area contributed by atoms with Crippen molar-refractivity contribution < 1.29 is 4.79 Å². The highest BCUT2D eigenvalue weighted by atomic mass is 35.5. The number of hydrogen-bond acceptors (Lipinski definition) is 3. The molecule has 0 aliphatic carbocycles. The van der Waals surface area contributed by atoms with Crippen molar-refractivity contribution in [3.8, 4) is 0 Å². The van der Waals surface area contributed by atoms with E-state index >= 15 is 0 Å². The lowest BCUT2D eigenvalue weighted by atomic mass is 10.6. The van der Waals surface area contributed by atoms with Crippen molar-refractivity contribution in [3.05, 3.63) is 16.5 Å². The Kier molecular flexibility index (Phi) is 2.01. The molecule has 0 fully saturated rings. The molecule has 0 aromatic carbocycles. The van der Waals surface area contributed by atoms with Gasteiger partial charge in [0.25, 0.3) is 0 Å². The molecule has 1 rings (SSSR count). The molecule has 4 heteroatoms. The normalized spacial score (nSPS) is 8.56. The fourth-order valence-corrected chi connectivity index (χ4v) is 1.26. The zero-order chi connectivity index (χ0) is 6.69. The van der Waals surface area contributed by atoms with E-state index in [1.165, 1.54) is 17.4 Å². The van der Waals surface area contributed by atoms with Crippen molar-refractivity contribution in [2.45, 2.75) is 0 Å². The van der Waals surface area contributed by atoms with Crippen molar-refractivity contribution in [1.29, 1.82) is 0 Å². The second kappa shape index (κ2) is 2.78. The molecule has 0 saturated carbocycles. The lowest BCUT2D eigenvalue weighted by molar-refractivity contribution is 0.565. The highest BCUT2D eigenvalue weighted by molar-refractivity contribution is 7.19. The summed E-state index contributed by atoms with van der Waals surface area (Å²) in [5.41, 5.74) is 0. The third-order valence-electron chi connectivity index (χ3n) is 0.715. The summed E-state index contributed by atoms with van der Waals surface area (Å²) in [4.78, 5) is 13.0. The van der Waals surface area contributed by atoms with Crippen LogP contribution in [-0.4, -0.2) is 6.08 Å². The number of rotatable bonds is 1. The first-order valence-electron chi connectivity index (χ1n) is 2.16. The molecule has 1 aromatic rings. The van der Waals surface area contributed by atoms with Crippen LogP contribution in [0.25, 0.3) is 0 Å². The van der Waals surface area contributed by atoms with Crippen molar-refractivity contribution in [2.24, 2.45) is 4.99 Å². The molecule has 0 saturated heterocycles. The van der Waals surface area contributed by atoms with Gasteiger partial charge >= 0.3 is 0 Å². The van der Waals surface area contributed by atoms with E-state index < -0.39 is 0 Å². The van der Waals surface area contributed by atoms with Crippen LogP contribution in [0.5, 0.6) is 0 Å². The van der Waals surface area contributed by atoms with Crippen LogP contribution in [0.3, 0.4) is 0 Å². The molecular formula is C5H2ClNOS. The minimum atomic E-state index is 0.593. The van der Waals surface area contributed by atoms with E-state index in [1.54, 1.807) is 12.1 Å². The Balaban J connectivity index is 2.97. The lowest BCUT2D eigenvalue weighted by Gasteiger charge is -1.71. The number of carbonyl (C=O) groups excluding carboxylic acids is 1. The average molecular weight is 160 g/mol. The van der Waals surface area contributed by atoms with Crippen molar-refractivity contribution in [1.82, 2.24) is 0 Å². The summed E-state index contributed by atoms with van der Waals surface area (Å²) < 4.78 is 0.629. The van der Waals surface area contributed by atoms with E-state index in [2.05, 4.69) is 4.99 Å². The minimum absolute atomic E-state index is 0.593. The first-order chi connectivity index (χ1) is 4.33. The van der Waals surface area contributed by atoms with E-state index in [0.29, 0.717) is 9.34 Å². The molecule has 0 amide bonds.